The van der Waals surface area contributed by atoms with Gasteiger partial charge in [-0.3, -0.25) is 9.59 Å². The summed E-state index contributed by atoms with van der Waals surface area (Å²) >= 11 is 5.59. The summed E-state index contributed by atoms with van der Waals surface area (Å²) in [5.41, 5.74) is 1.08. The van der Waals surface area contributed by atoms with Crippen LogP contribution in [0.25, 0.3) is 0 Å². The molecule has 1 aliphatic carbocycles. The van der Waals surface area contributed by atoms with Crippen LogP contribution in [0.3, 0.4) is 0 Å². The van der Waals surface area contributed by atoms with E-state index in [-0.39, 0.29) is 23.6 Å². The molecule has 22 heavy (non-hydrogen) atoms. The molecule has 114 valence electrons. The number of halogens is 1. The van der Waals surface area contributed by atoms with E-state index in [1.165, 1.54) is 11.0 Å². The molecule has 0 bridgehead atoms. The summed E-state index contributed by atoms with van der Waals surface area (Å²) in [6, 6.07) is 7.10. The average molecular weight is 320 g/mol. The van der Waals surface area contributed by atoms with Crippen LogP contribution in [0.1, 0.15) is 23.2 Å². The molecule has 0 spiro atoms. The maximum absolute atomic E-state index is 12.0. The predicted molar refractivity (Wildman–Crippen MR) is 80.6 cm³/mol. The van der Waals surface area contributed by atoms with Crippen molar-refractivity contribution in [3.05, 3.63) is 41.4 Å². The van der Waals surface area contributed by atoms with Crippen LogP contribution in [0.2, 0.25) is 5.28 Å². The number of nitrogens with one attached hydrogen (secondary N) is 2. The first-order chi connectivity index (χ1) is 10.6. The molecule has 3 rings (SSSR count). The van der Waals surface area contributed by atoms with Gasteiger partial charge in [-0.2, -0.15) is 0 Å². The summed E-state index contributed by atoms with van der Waals surface area (Å²) < 4.78 is 1.33. The Morgan fingerprint density at radius 3 is 2.86 bits per heavy atom. The lowest BCUT2D eigenvalue weighted by Crippen LogP contribution is -2.25. The molecule has 1 fully saturated rings. The second kappa shape index (κ2) is 6.15. The zero-order valence-electron chi connectivity index (χ0n) is 11.6. The van der Waals surface area contributed by atoms with Crippen LogP contribution in [0.4, 0.5) is 5.69 Å². The van der Waals surface area contributed by atoms with Crippen molar-refractivity contribution in [2.24, 2.45) is 0 Å². The van der Waals surface area contributed by atoms with Gasteiger partial charge in [-0.15, -0.1) is 5.10 Å². The number of rotatable bonds is 5. The van der Waals surface area contributed by atoms with E-state index in [4.69, 9.17) is 11.6 Å². The van der Waals surface area contributed by atoms with Gasteiger partial charge in [0.25, 0.3) is 5.91 Å². The Balaban J connectivity index is 1.61. The molecule has 2 N–H and O–H groups in total. The first-order valence-electron chi connectivity index (χ1n) is 6.86. The molecule has 7 nitrogen and oxygen atoms in total. The van der Waals surface area contributed by atoms with Crippen molar-refractivity contribution >= 4 is 29.1 Å². The zero-order valence-corrected chi connectivity index (χ0v) is 12.4. The van der Waals surface area contributed by atoms with Crippen LogP contribution >= 0.6 is 11.6 Å². The summed E-state index contributed by atoms with van der Waals surface area (Å²) in [5, 5.41) is 9.53. The maximum Gasteiger partial charge on any atom is 0.251 e. The molecule has 1 aromatic carbocycles. The van der Waals surface area contributed by atoms with E-state index in [0.717, 1.165) is 12.8 Å². The number of benzene rings is 1. The number of hydrogen-bond donors (Lipinski definition) is 2. The van der Waals surface area contributed by atoms with Crippen LogP contribution in [0.15, 0.2) is 30.6 Å². The fraction of sp³-hybridized carbons (Fsp3) is 0.286. The van der Waals surface area contributed by atoms with Gasteiger partial charge in [0.2, 0.25) is 11.2 Å². The Kier molecular flexibility index (Phi) is 4.06. The number of carbonyl (C=O) groups excluding carboxylic acids is 2. The van der Waals surface area contributed by atoms with E-state index in [1.54, 1.807) is 24.3 Å². The molecular weight excluding hydrogens is 306 g/mol. The molecule has 8 heteroatoms. The second-order valence-corrected chi connectivity index (χ2v) is 5.43. The lowest BCUT2D eigenvalue weighted by molar-refractivity contribution is -0.116. The largest absolute Gasteiger partial charge is 0.349 e. The SMILES string of the molecule is O=C(Cn1cnc(Cl)n1)Nc1cccc(C(=O)NC2CC2)c1. The van der Waals surface area contributed by atoms with E-state index in [1.807, 2.05) is 0 Å². The molecule has 0 radical (unpaired) electrons. The number of anilines is 1. The summed E-state index contributed by atoms with van der Waals surface area (Å²) in [6.07, 6.45) is 3.44. The number of carbonyl (C=O) groups is 2. The van der Waals surface area contributed by atoms with Crippen molar-refractivity contribution in [3.63, 3.8) is 0 Å². The second-order valence-electron chi connectivity index (χ2n) is 5.09. The fourth-order valence-electron chi connectivity index (χ4n) is 1.93. The number of aromatic nitrogens is 3. The Labute approximate surface area is 131 Å². The van der Waals surface area contributed by atoms with Crippen LogP contribution in [-0.4, -0.2) is 32.6 Å². The average Bonchev–Trinajstić information content (AvgIpc) is 3.20. The highest BCUT2D eigenvalue weighted by atomic mass is 35.5. The summed E-state index contributed by atoms with van der Waals surface area (Å²) in [4.78, 5) is 27.6. The minimum absolute atomic E-state index is 0.00177. The van der Waals surface area contributed by atoms with E-state index < -0.39 is 0 Å². The third kappa shape index (κ3) is 3.82. The Morgan fingerprint density at radius 1 is 1.36 bits per heavy atom. The van der Waals surface area contributed by atoms with Crippen LogP contribution in [0.5, 0.6) is 0 Å². The monoisotopic (exact) mass is 319 g/mol. The van der Waals surface area contributed by atoms with Crippen molar-refractivity contribution in [2.75, 3.05) is 5.32 Å². The van der Waals surface area contributed by atoms with Gasteiger partial charge in [0.05, 0.1) is 0 Å². The highest BCUT2D eigenvalue weighted by Crippen LogP contribution is 2.20. The van der Waals surface area contributed by atoms with E-state index in [0.29, 0.717) is 17.3 Å². The third-order valence-electron chi connectivity index (χ3n) is 3.14. The summed E-state index contributed by atoms with van der Waals surface area (Å²) in [5.74, 6) is -0.400. The number of hydrogen-bond acceptors (Lipinski definition) is 4. The van der Waals surface area contributed by atoms with Crippen LogP contribution in [-0.2, 0) is 11.3 Å². The maximum atomic E-state index is 12.0. The van der Waals surface area contributed by atoms with E-state index in [2.05, 4.69) is 20.7 Å². The smallest absolute Gasteiger partial charge is 0.251 e. The van der Waals surface area contributed by atoms with Crippen molar-refractivity contribution in [2.45, 2.75) is 25.4 Å². The standard InChI is InChI=1S/C14H14ClN5O2/c15-14-16-8-20(19-14)7-12(21)17-11-3-1-2-9(6-11)13(22)18-10-4-5-10/h1-3,6,8,10H,4-5,7H2,(H,17,21)(H,18,22). The topological polar surface area (TPSA) is 88.9 Å². The first-order valence-corrected chi connectivity index (χ1v) is 7.24. The molecule has 2 amide bonds. The van der Waals surface area contributed by atoms with Gasteiger partial charge in [0, 0.05) is 17.3 Å². The highest BCUT2D eigenvalue weighted by molar-refractivity contribution is 6.28. The van der Waals surface area contributed by atoms with Gasteiger partial charge < -0.3 is 10.6 Å². The van der Waals surface area contributed by atoms with Gasteiger partial charge >= 0.3 is 0 Å². The minimum Gasteiger partial charge on any atom is -0.349 e. The molecule has 1 aromatic heterocycles. The fourth-order valence-corrected chi connectivity index (χ4v) is 2.07. The molecular formula is C14H14ClN5O2. The van der Waals surface area contributed by atoms with E-state index >= 15 is 0 Å². The lowest BCUT2D eigenvalue weighted by atomic mass is 10.2. The Morgan fingerprint density at radius 2 is 2.18 bits per heavy atom. The van der Waals surface area contributed by atoms with Crippen molar-refractivity contribution in [1.82, 2.24) is 20.1 Å². The van der Waals surface area contributed by atoms with E-state index in [9.17, 15) is 9.59 Å². The van der Waals surface area contributed by atoms with Gasteiger partial charge in [0.15, 0.2) is 0 Å². The summed E-state index contributed by atoms with van der Waals surface area (Å²) in [6.45, 7) is -0.00177. The third-order valence-corrected chi connectivity index (χ3v) is 3.31. The van der Waals surface area contributed by atoms with Gasteiger partial charge in [-0.1, -0.05) is 6.07 Å². The van der Waals surface area contributed by atoms with Crippen LogP contribution < -0.4 is 10.6 Å². The van der Waals surface area contributed by atoms with Crippen LogP contribution in [0, 0.1) is 0 Å². The molecule has 1 heterocycles. The van der Waals surface area contributed by atoms with Gasteiger partial charge in [0.1, 0.15) is 12.9 Å². The predicted octanol–water partition coefficient (Wildman–Crippen LogP) is 1.46. The molecule has 0 atom stereocenters. The first kappa shape index (κ1) is 14.5. The molecule has 1 saturated carbocycles. The number of amides is 2. The van der Waals surface area contributed by atoms with Gasteiger partial charge in [-0.25, -0.2) is 9.67 Å². The van der Waals surface area contributed by atoms with Crippen molar-refractivity contribution < 1.29 is 9.59 Å². The zero-order chi connectivity index (χ0) is 15.5. The number of nitrogens with zero attached hydrogens (tertiary/aromatic N) is 3. The van der Waals surface area contributed by atoms with Crippen molar-refractivity contribution in [1.29, 1.82) is 0 Å². The molecule has 0 unspecified atom stereocenters. The Hall–Kier alpha value is -2.41. The van der Waals surface area contributed by atoms with Gasteiger partial charge in [-0.05, 0) is 42.6 Å². The normalized spacial score (nSPS) is 13.7. The summed E-state index contributed by atoms with van der Waals surface area (Å²) in [7, 11) is 0. The molecule has 0 saturated heterocycles. The molecule has 1 aliphatic rings. The highest BCUT2D eigenvalue weighted by Gasteiger charge is 2.23. The quantitative estimate of drug-likeness (QED) is 0.873. The van der Waals surface area contributed by atoms with Crippen molar-refractivity contribution in [3.8, 4) is 0 Å². The lowest BCUT2D eigenvalue weighted by Gasteiger charge is -2.08. The minimum atomic E-state index is -0.277. The molecule has 2 aromatic rings. The molecule has 0 aliphatic heterocycles. The Bertz CT molecular complexity index is 711.